The van der Waals surface area contributed by atoms with Gasteiger partial charge in [0.25, 0.3) is 0 Å². The first-order valence-electron chi connectivity index (χ1n) is 8.12. The van der Waals surface area contributed by atoms with E-state index in [1.54, 1.807) is 0 Å². The van der Waals surface area contributed by atoms with Crippen molar-refractivity contribution in [3.05, 3.63) is 54.1 Å². The zero-order valence-corrected chi connectivity index (χ0v) is 17.1. The van der Waals surface area contributed by atoms with E-state index in [1.165, 1.54) is 0 Å². The largest absolute Gasteiger partial charge is 0.494 e. The Morgan fingerprint density at radius 3 is 1.79 bits per heavy atom. The van der Waals surface area contributed by atoms with Gasteiger partial charge in [0.1, 0.15) is 12.0 Å². The molecule has 0 spiro atoms. The fourth-order valence-electron chi connectivity index (χ4n) is 2.60. The summed E-state index contributed by atoms with van der Waals surface area (Å²) in [6.45, 7) is 11.1. The molecule has 0 saturated heterocycles. The third-order valence-electron chi connectivity index (χ3n) is 3.37. The van der Waals surface area contributed by atoms with E-state index >= 15 is 0 Å². The van der Waals surface area contributed by atoms with Crippen molar-refractivity contribution in [2.24, 2.45) is 0 Å². The van der Waals surface area contributed by atoms with Gasteiger partial charge in [-0.15, -0.1) is 0 Å². The van der Waals surface area contributed by atoms with Crippen LogP contribution in [0.2, 0.25) is 32.7 Å². The van der Waals surface area contributed by atoms with Crippen molar-refractivity contribution in [1.29, 1.82) is 5.26 Å². The van der Waals surface area contributed by atoms with Crippen LogP contribution in [0.25, 0.3) is 11.1 Å². The van der Waals surface area contributed by atoms with E-state index in [2.05, 4.69) is 38.8 Å². The second kappa shape index (κ2) is 7.35. The second-order valence-corrected chi connectivity index (χ2v) is 16.3. The smallest absolute Gasteiger partial charge is 0.213 e. The summed E-state index contributed by atoms with van der Waals surface area (Å²) in [5.74, 6) is 0.868. The average Bonchev–Trinajstić information content (AvgIpc) is 2.51. The van der Waals surface area contributed by atoms with E-state index in [9.17, 15) is 0 Å². The Bertz CT molecular complexity index is 711. The molecule has 24 heavy (non-hydrogen) atoms. The normalized spacial score (nSPS) is 11.8. The topological polar surface area (TPSA) is 42.2 Å². The molecule has 0 heterocycles. The van der Waals surface area contributed by atoms with Crippen molar-refractivity contribution in [3.63, 3.8) is 0 Å². The van der Waals surface area contributed by atoms with Crippen LogP contribution in [0, 0.1) is 11.3 Å². The molecule has 0 amide bonds. The minimum atomic E-state index is -1.80. The molecule has 126 valence electrons. The second-order valence-electron chi connectivity index (χ2n) is 7.48. The van der Waals surface area contributed by atoms with E-state index < -0.39 is 16.6 Å². The molecule has 0 unspecified atom stereocenters. The standard InChI is InChI=1S/C19H25NO2Si2/c1-23(2,3)22-24(4,5)15-21-19-12-10-18(11-13-19)17-8-6-16(14-20)7-9-17/h6-13H,15H2,1-5H3. The van der Waals surface area contributed by atoms with Gasteiger partial charge in [0.05, 0.1) is 11.6 Å². The van der Waals surface area contributed by atoms with Crippen molar-refractivity contribution in [2.45, 2.75) is 32.7 Å². The van der Waals surface area contributed by atoms with Crippen LogP contribution in [0.1, 0.15) is 5.56 Å². The van der Waals surface area contributed by atoms with Crippen molar-refractivity contribution in [2.75, 3.05) is 6.23 Å². The molecule has 0 aliphatic rings. The first kappa shape index (κ1) is 18.5. The molecule has 0 radical (unpaired) electrons. The molecule has 0 aliphatic carbocycles. The van der Waals surface area contributed by atoms with Crippen LogP contribution < -0.4 is 4.74 Å². The molecule has 3 nitrogen and oxygen atoms in total. The molecule has 0 atom stereocenters. The number of nitriles is 1. The minimum Gasteiger partial charge on any atom is -0.494 e. The van der Waals surface area contributed by atoms with Gasteiger partial charge in [-0.25, -0.2) is 0 Å². The van der Waals surface area contributed by atoms with Crippen LogP contribution in [-0.2, 0) is 4.12 Å². The first-order chi connectivity index (χ1) is 11.2. The fraction of sp³-hybridized carbons (Fsp3) is 0.316. The van der Waals surface area contributed by atoms with Crippen molar-refractivity contribution >= 4 is 16.6 Å². The third kappa shape index (κ3) is 5.64. The highest BCUT2D eigenvalue weighted by atomic mass is 28.4. The Morgan fingerprint density at radius 2 is 1.33 bits per heavy atom. The Labute approximate surface area is 147 Å². The minimum absolute atomic E-state index is 0.660. The summed E-state index contributed by atoms with van der Waals surface area (Å²) in [6, 6.07) is 17.8. The summed E-state index contributed by atoms with van der Waals surface area (Å²) < 4.78 is 12.2. The zero-order chi connectivity index (χ0) is 17.8. The monoisotopic (exact) mass is 355 g/mol. The fourth-order valence-corrected chi connectivity index (χ4v) is 9.98. The summed E-state index contributed by atoms with van der Waals surface area (Å²) >= 11 is 0. The lowest BCUT2D eigenvalue weighted by atomic mass is 10.0. The quantitative estimate of drug-likeness (QED) is 0.669. The van der Waals surface area contributed by atoms with Gasteiger partial charge in [-0.05, 0) is 68.1 Å². The highest BCUT2D eigenvalue weighted by molar-refractivity contribution is 6.84. The van der Waals surface area contributed by atoms with Crippen LogP contribution in [0.4, 0.5) is 0 Å². The van der Waals surface area contributed by atoms with E-state index in [-0.39, 0.29) is 0 Å². The average molecular weight is 356 g/mol. The van der Waals surface area contributed by atoms with Gasteiger partial charge in [-0.1, -0.05) is 24.3 Å². The van der Waals surface area contributed by atoms with E-state index in [4.69, 9.17) is 14.1 Å². The lowest BCUT2D eigenvalue weighted by Crippen LogP contribution is -2.46. The predicted molar refractivity (Wildman–Crippen MR) is 104 cm³/mol. The molecule has 0 aromatic heterocycles. The predicted octanol–water partition coefficient (Wildman–Crippen LogP) is 5.20. The van der Waals surface area contributed by atoms with Crippen LogP contribution in [-0.4, -0.2) is 22.9 Å². The highest BCUT2D eigenvalue weighted by Crippen LogP contribution is 2.23. The zero-order valence-electron chi connectivity index (χ0n) is 15.1. The molecular formula is C19H25NO2Si2. The van der Waals surface area contributed by atoms with Crippen LogP contribution in [0.15, 0.2) is 48.5 Å². The lowest BCUT2D eigenvalue weighted by molar-refractivity contribution is 0.352. The van der Waals surface area contributed by atoms with Gasteiger partial charge in [-0.3, -0.25) is 0 Å². The van der Waals surface area contributed by atoms with Gasteiger partial charge >= 0.3 is 0 Å². The van der Waals surface area contributed by atoms with Crippen LogP contribution in [0.5, 0.6) is 5.75 Å². The Balaban J connectivity index is 2.00. The van der Waals surface area contributed by atoms with Crippen molar-refractivity contribution < 1.29 is 8.85 Å². The van der Waals surface area contributed by atoms with Gasteiger partial charge in [-0.2, -0.15) is 5.26 Å². The molecular weight excluding hydrogens is 330 g/mol. The molecule has 0 fully saturated rings. The maximum Gasteiger partial charge on any atom is 0.213 e. The molecule has 2 aromatic rings. The maximum absolute atomic E-state index is 8.86. The van der Waals surface area contributed by atoms with Gasteiger partial charge < -0.3 is 8.85 Å². The molecule has 0 aliphatic heterocycles. The molecule has 2 rings (SSSR count). The molecule has 0 saturated carbocycles. The van der Waals surface area contributed by atoms with E-state index in [0.717, 1.165) is 16.9 Å². The number of nitrogens with zero attached hydrogens (tertiary/aromatic N) is 1. The molecule has 2 aromatic carbocycles. The van der Waals surface area contributed by atoms with Crippen LogP contribution in [0.3, 0.4) is 0 Å². The SMILES string of the molecule is C[Si](C)(C)O[Si](C)(C)COc1ccc(-c2ccc(C#N)cc2)cc1. The number of ether oxygens (including phenoxy) is 1. The molecule has 0 N–H and O–H groups in total. The van der Waals surface area contributed by atoms with Gasteiger partial charge in [0, 0.05) is 0 Å². The summed E-state index contributed by atoms with van der Waals surface area (Å²) in [6.07, 6.45) is 0.660. The number of benzene rings is 2. The van der Waals surface area contributed by atoms with Crippen molar-refractivity contribution in [3.8, 4) is 22.9 Å². The number of rotatable bonds is 6. The van der Waals surface area contributed by atoms with E-state index in [0.29, 0.717) is 11.8 Å². The third-order valence-corrected chi connectivity index (χ3v) is 8.87. The first-order valence-corrected chi connectivity index (χ1v) is 14.6. The van der Waals surface area contributed by atoms with Crippen LogP contribution >= 0.6 is 0 Å². The van der Waals surface area contributed by atoms with Gasteiger partial charge in [0.2, 0.25) is 8.32 Å². The summed E-state index contributed by atoms with van der Waals surface area (Å²) in [7, 11) is -3.33. The Morgan fingerprint density at radius 1 is 0.833 bits per heavy atom. The number of hydrogen-bond acceptors (Lipinski definition) is 3. The summed E-state index contributed by atoms with van der Waals surface area (Å²) in [5, 5.41) is 8.86. The lowest BCUT2D eigenvalue weighted by Gasteiger charge is -2.31. The highest BCUT2D eigenvalue weighted by Gasteiger charge is 2.30. The Hall–Kier alpha value is -1.88. The molecule has 5 heteroatoms. The summed E-state index contributed by atoms with van der Waals surface area (Å²) in [5.41, 5.74) is 2.88. The van der Waals surface area contributed by atoms with Crippen molar-refractivity contribution in [1.82, 2.24) is 0 Å². The summed E-state index contributed by atoms with van der Waals surface area (Å²) in [4.78, 5) is 0. The molecule has 0 bridgehead atoms. The number of hydrogen-bond donors (Lipinski definition) is 0. The van der Waals surface area contributed by atoms with E-state index in [1.807, 2.05) is 48.5 Å². The maximum atomic E-state index is 8.86. The Kier molecular flexibility index (Phi) is 5.65. The van der Waals surface area contributed by atoms with Gasteiger partial charge in [0.15, 0.2) is 8.32 Å².